The van der Waals surface area contributed by atoms with Gasteiger partial charge in [-0.2, -0.15) is 0 Å². The largest absolute Gasteiger partial charge is 0.350 e. The Kier molecular flexibility index (Phi) is 5.42. The number of rotatable bonds is 5. The first kappa shape index (κ1) is 15.6. The summed E-state index contributed by atoms with van der Waals surface area (Å²) in [6, 6.07) is 3.42. The monoisotopic (exact) mass is 270 g/mol. The highest BCUT2D eigenvalue weighted by Gasteiger charge is 2.12. The summed E-state index contributed by atoms with van der Waals surface area (Å²) in [5.74, 6) is -1.26. The van der Waals surface area contributed by atoms with Crippen LogP contribution < -0.4 is 10.6 Å². The predicted octanol–water partition coefficient (Wildman–Crippen LogP) is 2.01. The maximum Gasteiger partial charge on any atom is 0.234 e. The summed E-state index contributed by atoms with van der Waals surface area (Å²) in [6.45, 7) is 6.39. The van der Waals surface area contributed by atoms with Crippen molar-refractivity contribution in [2.45, 2.75) is 32.7 Å². The number of hydrogen-bond donors (Lipinski definition) is 2. The van der Waals surface area contributed by atoms with Crippen molar-refractivity contribution in [3.05, 3.63) is 35.4 Å². The molecule has 0 spiro atoms. The lowest BCUT2D eigenvalue weighted by atomic mass is 10.1. The lowest BCUT2D eigenvalue weighted by molar-refractivity contribution is -0.121. The second kappa shape index (κ2) is 6.61. The summed E-state index contributed by atoms with van der Waals surface area (Å²) in [5.41, 5.74) is 0.311. The summed E-state index contributed by atoms with van der Waals surface area (Å²) in [5, 5.41) is 5.75. The Hall–Kier alpha value is -1.49. The van der Waals surface area contributed by atoms with Crippen molar-refractivity contribution in [3.8, 4) is 0 Å². The van der Waals surface area contributed by atoms with Gasteiger partial charge in [-0.25, -0.2) is 8.78 Å². The molecule has 0 saturated carbocycles. The Bertz CT molecular complexity index is 421. The molecule has 5 heteroatoms. The van der Waals surface area contributed by atoms with Gasteiger partial charge in [-0.1, -0.05) is 0 Å². The van der Waals surface area contributed by atoms with Gasteiger partial charge in [0.1, 0.15) is 11.6 Å². The molecule has 1 rings (SSSR count). The van der Waals surface area contributed by atoms with Crippen molar-refractivity contribution >= 4 is 5.91 Å². The molecule has 0 fully saturated rings. The second-order valence-corrected chi connectivity index (χ2v) is 5.50. The highest BCUT2D eigenvalue weighted by atomic mass is 19.1. The van der Waals surface area contributed by atoms with Gasteiger partial charge < -0.3 is 10.6 Å². The van der Waals surface area contributed by atoms with Crippen LogP contribution in [0.15, 0.2) is 18.2 Å². The highest BCUT2D eigenvalue weighted by Crippen LogP contribution is 2.08. The first-order valence-corrected chi connectivity index (χ1v) is 6.23. The minimum Gasteiger partial charge on any atom is -0.350 e. The van der Waals surface area contributed by atoms with Gasteiger partial charge in [0.15, 0.2) is 0 Å². The molecule has 0 aromatic heterocycles. The molecule has 106 valence electrons. The zero-order chi connectivity index (χ0) is 14.5. The van der Waals surface area contributed by atoms with Crippen molar-refractivity contribution in [3.63, 3.8) is 0 Å². The van der Waals surface area contributed by atoms with E-state index in [2.05, 4.69) is 10.6 Å². The molecule has 1 aromatic carbocycles. The van der Waals surface area contributed by atoms with Crippen molar-refractivity contribution in [2.24, 2.45) is 0 Å². The standard InChI is InChI=1S/C14H20F2N2O/c1-14(2,3)18-13(19)9-17-5-4-10-6-11(15)8-12(16)7-10/h6-8,17H,4-5,9H2,1-3H3,(H,18,19). The van der Waals surface area contributed by atoms with Crippen molar-refractivity contribution in [1.82, 2.24) is 10.6 Å². The van der Waals surface area contributed by atoms with E-state index in [1.807, 2.05) is 20.8 Å². The molecule has 1 amide bonds. The van der Waals surface area contributed by atoms with E-state index in [4.69, 9.17) is 0 Å². The second-order valence-electron chi connectivity index (χ2n) is 5.50. The summed E-state index contributed by atoms with van der Waals surface area (Å²) in [4.78, 5) is 11.5. The van der Waals surface area contributed by atoms with E-state index in [1.165, 1.54) is 12.1 Å². The fourth-order valence-electron chi connectivity index (χ4n) is 1.65. The van der Waals surface area contributed by atoms with Gasteiger partial charge >= 0.3 is 0 Å². The van der Waals surface area contributed by atoms with Crippen molar-refractivity contribution in [2.75, 3.05) is 13.1 Å². The number of carbonyl (C=O) groups excluding carboxylic acids is 1. The smallest absolute Gasteiger partial charge is 0.234 e. The molecule has 0 aliphatic rings. The number of carbonyl (C=O) groups is 1. The van der Waals surface area contributed by atoms with E-state index in [9.17, 15) is 13.6 Å². The number of nitrogens with one attached hydrogen (secondary N) is 2. The van der Waals surface area contributed by atoms with Gasteiger partial charge in [-0.3, -0.25) is 4.79 Å². The molecule has 3 nitrogen and oxygen atoms in total. The first-order valence-electron chi connectivity index (χ1n) is 6.23. The Labute approximate surface area is 112 Å². The van der Waals surface area contributed by atoms with Gasteiger partial charge in [0.2, 0.25) is 5.91 Å². The Morgan fingerprint density at radius 1 is 1.16 bits per heavy atom. The fraction of sp³-hybridized carbons (Fsp3) is 0.500. The van der Waals surface area contributed by atoms with Crippen LogP contribution in [0.1, 0.15) is 26.3 Å². The molecule has 0 aliphatic heterocycles. The Balaban J connectivity index is 2.29. The van der Waals surface area contributed by atoms with E-state index < -0.39 is 11.6 Å². The van der Waals surface area contributed by atoms with E-state index in [0.717, 1.165) is 6.07 Å². The van der Waals surface area contributed by atoms with E-state index in [1.54, 1.807) is 0 Å². The van der Waals surface area contributed by atoms with Crippen molar-refractivity contribution in [1.29, 1.82) is 0 Å². The molecule has 0 saturated heterocycles. The number of amides is 1. The third-order valence-electron chi connectivity index (χ3n) is 2.31. The molecule has 2 N–H and O–H groups in total. The molecule has 0 aliphatic carbocycles. The average Bonchev–Trinajstić information content (AvgIpc) is 2.20. The summed E-state index contributed by atoms with van der Waals surface area (Å²) in [6.07, 6.45) is 0.470. The molecule has 0 unspecified atom stereocenters. The van der Waals surface area contributed by atoms with Crippen LogP contribution in [0, 0.1) is 11.6 Å². The van der Waals surface area contributed by atoms with Crippen LogP contribution in [0.25, 0.3) is 0 Å². The SMILES string of the molecule is CC(C)(C)NC(=O)CNCCc1cc(F)cc(F)c1. The summed E-state index contributed by atoms with van der Waals surface area (Å²) < 4.78 is 25.9. The first-order chi connectivity index (χ1) is 8.76. The van der Waals surface area contributed by atoms with Gasteiger partial charge in [-0.15, -0.1) is 0 Å². The normalized spacial score (nSPS) is 11.4. The zero-order valence-electron chi connectivity index (χ0n) is 11.5. The van der Waals surface area contributed by atoms with E-state index >= 15 is 0 Å². The Morgan fingerprint density at radius 3 is 2.26 bits per heavy atom. The fourth-order valence-corrected chi connectivity index (χ4v) is 1.65. The molecule has 1 aromatic rings. The number of hydrogen-bond acceptors (Lipinski definition) is 2. The summed E-state index contributed by atoms with van der Waals surface area (Å²) in [7, 11) is 0. The quantitative estimate of drug-likeness (QED) is 0.804. The third-order valence-corrected chi connectivity index (χ3v) is 2.31. The molecule has 0 bridgehead atoms. The van der Waals surface area contributed by atoms with Crippen LogP contribution in [-0.4, -0.2) is 24.5 Å². The maximum absolute atomic E-state index is 12.9. The lowest BCUT2D eigenvalue weighted by Gasteiger charge is -2.20. The minimum absolute atomic E-state index is 0.0991. The molecule has 0 heterocycles. The lowest BCUT2D eigenvalue weighted by Crippen LogP contribution is -2.45. The van der Waals surface area contributed by atoms with E-state index in [-0.39, 0.29) is 18.0 Å². The van der Waals surface area contributed by atoms with Crippen LogP contribution in [-0.2, 0) is 11.2 Å². The van der Waals surface area contributed by atoms with Crippen LogP contribution in [0.2, 0.25) is 0 Å². The predicted molar refractivity (Wildman–Crippen MR) is 70.8 cm³/mol. The molecule has 0 radical (unpaired) electrons. The van der Waals surface area contributed by atoms with Crippen LogP contribution in [0.4, 0.5) is 8.78 Å². The summed E-state index contributed by atoms with van der Waals surface area (Å²) >= 11 is 0. The highest BCUT2D eigenvalue weighted by molar-refractivity contribution is 5.78. The molecule has 0 atom stereocenters. The van der Waals surface area contributed by atoms with Gasteiger partial charge in [0.25, 0.3) is 0 Å². The van der Waals surface area contributed by atoms with E-state index in [0.29, 0.717) is 18.5 Å². The van der Waals surface area contributed by atoms with Gasteiger partial charge in [0.05, 0.1) is 6.54 Å². The van der Waals surface area contributed by atoms with Crippen molar-refractivity contribution < 1.29 is 13.6 Å². The van der Waals surface area contributed by atoms with Gasteiger partial charge in [-0.05, 0) is 51.4 Å². The topological polar surface area (TPSA) is 41.1 Å². The van der Waals surface area contributed by atoms with Crippen LogP contribution in [0.5, 0.6) is 0 Å². The number of halogens is 2. The minimum atomic E-state index is -0.583. The molecular weight excluding hydrogens is 250 g/mol. The average molecular weight is 270 g/mol. The van der Waals surface area contributed by atoms with Gasteiger partial charge in [0, 0.05) is 11.6 Å². The molecule has 19 heavy (non-hydrogen) atoms. The van der Waals surface area contributed by atoms with Crippen LogP contribution in [0.3, 0.4) is 0 Å². The third kappa shape index (κ3) is 6.86. The molecular formula is C14H20F2N2O. The van der Waals surface area contributed by atoms with Crippen LogP contribution >= 0.6 is 0 Å². The maximum atomic E-state index is 12.9. The zero-order valence-corrected chi connectivity index (χ0v) is 11.5. The number of benzene rings is 1. The Morgan fingerprint density at radius 2 is 1.74 bits per heavy atom.